The quantitative estimate of drug-likeness (QED) is 0.797. The van der Waals surface area contributed by atoms with Gasteiger partial charge in [0, 0.05) is 6.07 Å². The van der Waals surface area contributed by atoms with E-state index >= 15 is 0 Å². The number of thioether (sulfide) groups is 1. The molecular formula is C8H7N3O4S. The second-order valence-corrected chi connectivity index (χ2v) is 3.80. The molecule has 16 heavy (non-hydrogen) atoms. The number of carboxylic acid groups (broad SMARTS) is 1. The van der Waals surface area contributed by atoms with Crippen LogP contribution in [0.1, 0.15) is 5.76 Å². The maximum atomic E-state index is 10.3. The smallest absolute Gasteiger partial charge is 0.314 e. The predicted octanol–water partition coefficient (Wildman–Crippen LogP) is 1.21. The first-order valence-corrected chi connectivity index (χ1v) is 5.25. The zero-order valence-corrected chi connectivity index (χ0v) is 9.02. The van der Waals surface area contributed by atoms with E-state index in [0.29, 0.717) is 11.5 Å². The van der Waals surface area contributed by atoms with Gasteiger partial charge in [-0.25, -0.2) is 0 Å². The Hall–Kier alpha value is -1.83. The molecule has 2 heterocycles. The molecule has 7 nitrogen and oxygen atoms in total. The Kier molecular flexibility index (Phi) is 2.91. The van der Waals surface area contributed by atoms with Crippen molar-refractivity contribution in [2.75, 3.05) is 5.75 Å². The van der Waals surface area contributed by atoms with Gasteiger partial charge in [-0.1, -0.05) is 16.9 Å². The topological polar surface area (TPSA) is 102 Å². The van der Waals surface area contributed by atoms with Gasteiger partial charge < -0.3 is 14.0 Å². The summed E-state index contributed by atoms with van der Waals surface area (Å²) in [7, 11) is 0. The lowest BCUT2D eigenvalue weighted by Gasteiger charge is -1.88. The maximum Gasteiger partial charge on any atom is 0.314 e. The lowest BCUT2D eigenvalue weighted by Crippen LogP contribution is -1.97. The summed E-state index contributed by atoms with van der Waals surface area (Å²) in [6.07, 6.45) is 0. The molecule has 0 radical (unpaired) electrons. The monoisotopic (exact) mass is 241 g/mol. The van der Waals surface area contributed by atoms with Crippen LogP contribution in [0.5, 0.6) is 0 Å². The van der Waals surface area contributed by atoms with Crippen molar-refractivity contribution in [2.45, 2.75) is 12.1 Å². The van der Waals surface area contributed by atoms with Gasteiger partial charge in [0.15, 0.2) is 5.69 Å². The molecule has 8 heteroatoms. The molecule has 0 spiro atoms. The highest BCUT2D eigenvalue weighted by atomic mass is 32.2. The number of carboxylic acids is 1. The highest BCUT2D eigenvalue weighted by Crippen LogP contribution is 2.22. The molecule has 2 rings (SSSR count). The highest BCUT2D eigenvalue weighted by molar-refractivity contribution is 7.99. The van der Waals surface area contributed by atoms with E-state index in [-0.39, 0.29) is 16.9 Å². The van der Waals surface area contributed by atoms with E-state index in [2.05, 4.69) is 15.4 Å². The largest absolute Gasteiger partial charge is 0.481 e. The SMILES string of the molecule is Cc1cc(-c2nnc(SCC(=O)O)o2)no1. The third-order valence-corrected chi connectivity index (χ3v) is 2.38. The Morgan fingerprint density at radius 3 is 3.00 bits per heavy atom. The fourth-order valence-corrected chi connectivity index (χ4v) is 1.45. The number of aliphatic carboxylic acids is 1. The summed E-state index contributed by atoms with van der Waals surface area (Å²) >= 11 is 0.953. The third kappa shape index (κ3) is 2.40. The average molecular weight is 241 g/mol. The van der Waals surface area contributed by atoms with Crippen molar-refractivity contribution < 1.29 is 18.8 Å². The number of hydrogen-bond acceptors (Lipinski definition) is 7. The van der Waals surface area contributed by atoms with Crippen LogP contribution in [0.4, 0.5) is 0 Å². The molecule has 2 aromatic heterocycles. The lowest BCUT2D eigenvalue weighted by molar-refractivity contribution is -0.133. The minimum absolute atomic E-state index is 0.126. The van der Waals surface area contributed by atoms with Gasteiger partial charge in [-0.15, -0.1) is 10.2 Å². The molecule has 0 bridgehead atoms. The van der Waals surface area contributed by atoms with Crippen molar-refractivity contribution in [3.8, 4) is 11.6 Å². The molecule has 84 valence electrons. The number of aromatic nitrogens is 3. The standard InChI is InChI=1S/C8H7N3O4S/c1-4-2-5(11-15-4)7-9-10-8(14-7)16-3-6(12)13/h2H,3H2,1H3,(H,12,13). The number of hydrogen-bond donors (Lipinski definition) is 1. The zero-order chi connectivity index (χ0) is 11.5. The molecule has 1 N–H and O–H groups in total. The minimum atomic E-state index is -0.943. The van der Waals surface area contributed by atoms with Gasteiger partial charge in [0.1, 0.15) is 11.5 Å². The molecule has 0 saturated carbocycles. The minimum Gasteiger partial charge on any atom is -0.481 e. The second-order valence-electron chi connectivity index (χ2n) is 2.88. The number of nitrogens with zero attached hydrogens (tertiary/aromatic N) is 3. The van der Waals surface area contributed by atoms with Gasteiger partial charge in [0.25, 0.3) is 11.1 Å². The molecule has 0 aliphatic heterocycles. The molecule has 0 atom stereocenters. The van der Waals surface area contributed by atoms with Crippen LogP contribution in [0.15, 0.2) is 20.2 Å². The van der Waals surface area contributed by atoms with Crippen LogP contribution >= 0.6 is 11.8 Å². The molecule has 0 aliphatic carbocycles. The summed E-state index contributed by atoms with van der Waals surface area (Å²) < 4.78 is 10.0. The molecule has 0 fully saturated rings. The van der Waals surface area contributed by atoms with Gasteiger partial charge in [-0.2, -0.15) is 0 Å². The molecule has 0 saturated heterocycles. The first-order chi connectivity index (χ1) is 7.65. The van der Waals surface area contributed by atoms with Crippen LogP contribution in [0.25, 0.3) is 11.6 Å². The van der Waals surface area contributed by atoms with Crippen molar-refractivity contribution in [2.24, 2.45) is 0 Å². The predicted molar refractivity (Wildman–Crippen MR) is 52.9 cm³/mol. The Morgan fingerprint density at radius 2 is 2.38 bits per heavy atom. The number of rotatable bonds is 4. The van der Waals surface area contributed by atoms with Gasteiger partial charge in [0.05, 0.1) is 0 Å². The van der Waals surface area contributed by atoms with Crippen molar-refractivity contribution in [3.05, 3.63) is 11.8 Å². The first-order valence-electron chi connectivity index (χ1n) is 4.27. The molecule has 0 amide bonds. The van der Waals surface area contributed by atoms with Crippen LogP contribution in [0.3, 0.4) is 0 Å². The highest BCUT2D eigenvalue weighted by Gasteiger charge is 2.13. The van der Waals surface area contributed by atoms with E-state index in [4.69, 9.17) is 14.0 Å². The first kappa shape index (κ1) is 10.7. The van der Waals surface area contributed by atoms with Crippen molar-refractivity contribution >= 4 is 17.7 Å². The molecule has 0 unspecified atom stereocenters. The van der Waals surface area contributed by atoms with Crippen LogP contribution in [-0.2, 0) is 4.79 Å². The van der Waals surface area contributed by atoms with Crippen LogP contribution in [-0.4, -0.2) is 32.2 Å². The molecular weight excluding hydrogens is 234 g/mol. The summed E-state index contributed by atoms with van der Waals surface area (Å²) in [4.78, 5) is 10.3. The Bertz CT molecular complexity index is 507. The lowest BCUT2D eigenvalue weighted by atomic mass is 10.4. The summed E-state index contributed by atoms with van der Waals surface area (Å²) in [6.45, 7) is 1.74. The van der Waals surface area contributed by atoms with Crippen molar-refractivity contribution in [1.82, 2.24) is 15.4 Å². The maximum absolute atomic E-state index is 10.3. The Morgan fingerprint density at radius 1 is 1.56 bits per heavy atom. The summed E-state index contributed by atoms with van der Waals surface area (Å²) in [6, 6.07) is 1.65. The molecule has 0 aliphatic rings. The Labute approximate surface area is 93.8 Å². The van der Waals surface area contributed by atoms with Gasteiger partial charge in [0.2, 0.25) is 0 Å². The molecule has 0 aromatic carbocycles. The van der Waals surface area contributed by atoms with Gasteiger partial charge in [-0.05, 0) is 6.92 Å². The van der Waals surface area contributed by atoms with E-state index in [1.807, 2.05) is 0 Å². The van der Waals surface area contributed by atoms with E-state index in [1.54, 1.807) is 13.0 Å². The Balaban J connectivity index is 2.10. The fourth-order valence-electron chi connectivity index (χ4n) is 0.962. The summed E-state index contributed by atoms with van der Waals surface area (Å²) in [5.41, 5.74) is 0.437. The van der Waals surface area contributed by atoms with Crippen LogP contribution < -0.4 is 0 Å². The van der Waals surface area contributed by atoms with E-state index < -0.39 is 5.97 Å². The van der Waals surface area contributed by atoms with Crippen molar-refractivity contribution in [3.63, 3.8) is 0 Å². The normalized spacial score (nSPS) is 10.6. The van der Waals surface area contributed by atoms with E-state index in [9.17, 15) is 4.79 Å². The number of carbonyl (C=O) groups is 1. The fraction of sp³-hybridized carbons (Fsp3) is 0.250. The van der Waals surface area contributed by atoms with Gasteiger partial charge >= 0.3 is 5.97 Å². The molecule has 2 aromatic rings. The van der Waals surface area contributed by atoms with Crippen LogP contribution in [0.2, 0.25) is 0 Å². The van der Waals surface area contributed by atoms with E-state index in [1.165, 1.54) is 0 Å². The number of aryl methyl sites for hydroxylation is 1. The van der Waals surface area contributed by atoms with Crippen LogP contribution in [0, 0.1) is 6.92 Å². The third-order valence-electron chi connectivity index (χ3n) is 1.57. The summed E-state index contributed by atoms with van der Waals surface area (Å²) in [5.74, 6) is -0.223. The average Bonchev–Trinajstić information content (AvgIpc) is 2.83. The second kappa shape index (κ2) is 4.35. The summed E-state index contributed by atoms with van der Waals surface area (Å²) in [5, 5.41) is 19.8. The van der Waals surface area contributed by atoms with E-state index in [0.717, 1.165) is 11.8 Å². The van der Waals surface area contributed by atoms with Crippen molar-refractivity contribution in [1.29, 1.82) is 0 Å². The van der Waals surface area contributed by atoms with Gasteiger partial charge in [-0.3, -0.25) is 4.79 Å². The zero-order valence-electron chi connectivity index (χ0n) is 8.21.